The lowest BCUT2D eigenvalue weighted by Gasteiger charge is -2.32. The Morgan fingerprint density at radius 3 is 2.15 bits per heavy atom. The first-order valence-electron chi connectivity index (χ1n) is 8.84. The number of piperidine rings is 1. The van der Waals surface area contributed by atoms with Crippen LogP contribution >= 0.6 is 0 Å². The summed E-state index contributed by atoms with van der Waals surface area (Å²) >= 11 is 0. The van der Waals surface area contributed by atoms with Crippen LogP contribution in [0.1, 0.15) is 33.6 Å². The summed E-state index contributed by atoms with van der Waals surface area (Å²) in [5.74, 6) is 0.959. The van der Waals surface area contributed by atoms with Crippen molar-refractivity contribution in [2.45, 2.75) is 18.9 Å². The highest BCUT2D eigenvalue weighted by Gasteiger charge is 2.25. The van der Waals surface area contributed by atoms with Gasteiger partial charge in [0.15, 0.2) is 0 Å². The van der Waals surface area contributed by atoms with E-state index in [1.807, 2.05) is 4.90 Å². The van der Waals surface area contributed by atoms with Gasteiger partial charge in [0.2, 0.25) is 0 Å². The minimum absolute atomic E-state index is 0.000270. The van der Waals surface area contributed by atoms with Crippen molar-refractivity contribution in [1.29, 1.82) is 0 Å². The van der Waals surface area contributed by atoms with Crippen LogP contribution in [0.4, 0.5) is 0 Å². The number of pyridine rings is 1. The number of ether oxygens (including phenoxy) is 2. The van der Waals surface area contributed by atoms with Crippen molar-refractivity contribution < 1.29 is 19.1 Å². The second-order valence-corrected chi connectivity index (χ2v) is 6.38. The summed E-state index contributed by atoms with van der Waals surface area (Å²) < 4.78 is 10.4. The molecule has 0 spiro atoms. The summed E-state index contributed by atoms with van der Waals surface area (Å²) in [4.78, 5) is 30.8. The van der Waals surface area contributed by atoms with E-state index >= 15 is 0 Å². The first-order valence-corrected chi connectivity index (χ1v) is 8.84. The summed E-state index contributed by atoms with van der Waals surface area (Å²) in [6, 6.07) is 8.54. The summed E-state index contributed by atoms with van der Waals surface area (Å²) in [5.41, 5.74) is 1.12. The molecule has 27 heavy (non-hydrogen) atoms. The molecule has 2 heterocycles. The van der Waals surface area contributed by atoms with Crippen molar-refractivity contribution in [1.82, 2.24) is 15.2 Å². The SMILES string of the molecule is COc1cc(OC)cc(C(=O)NC2CCN(C(=O)c3ccncc3)CC2)c1. The fraction of sp³-hybridized carbons (Fsp3) is 0.350. The molecule has 1 aromatic carbocycles. The summed E-state index contributed by atoms with van der Waals surface area (Å²) in [5, 5.41) is 3.04. The molecule has 0 unspecified atom stereocenters. The number of nitrogens with zero attached hydrogens (tertiary/aromatic N) is 2. The van der Waals surface area contributed by atoms with Crippen LogP contribution in [0.25, 0.3) is 0 Å². The highest BCUT2D eigenvalue weighted by atomic mass is 16.5. The van der Waals surface area contributed by atoms with Crippen molar-refractivity contribution in [3.05, 3.63) is 53.9 Å². The Morgan fingerprint density at radius 1 is 1.00 bits per heavy atom. The van der Waals surface area contributed by atoms with E-state index in [1.54, 1.807) is 56.9 Å². The largest absolute Gasteiger partial charge is 0.497 e. The van der Waals surface area contributed by atoms with Crippen molar-refractivity contribution in [3.8, 4) is 11.5 Å². The zero-order valence-corrected chi connectivity index (χ0v) is 15.5. The van der Waals surface area contributed by atoms with Gasteiger partial charge in [-0.15, -0.1) is 0 Å². The van der Waals surface area contributed by atoms with E-state index in [2.05, 4.69) is 10.3 Å². The zero-order chi connectivity index (χ0) is 19.2. The van der Waals surface area contributed by atoms with Gasteiger partial charge in [-0.1, -0.05) is 0 Å². The van der Waals surface area contributed by atoms with Crippen molar-refractivity contribution in [2.24, 2.45) is 0 Å². The molecular formula is C20H23N3O4. The van der Waals surface area contributed by atoms with Crippen LogP contribution in [-0.4, -0.2) is 55.0 Å². The Morgan fingerprint density at radius 2 is 1.59 bits per heavy atom. The van der Waals surface area contributed by atoms with Crippen LogP contribution in [0.2, 0.25) is 0 Å². The summed E-state index contributed by atoms with van der Waals surface area (Å²) in [7, 11) is 3.10. The van der Waals surface area contributed by atoms with Crippen LogP contribution in [-0.2, 0) is 0 Å². The van der Waals surface area contributed by atoms with Crippen molar-refractivity contribution >= 4 is 11.8 Å². The highest BCUT2D eigenvalue weighted by Crippen LogP contribution is 2.23. The number of hydrogen-bond acceptors (Lipinski definition) is 5. The average Bonchev–Trinajstić information content (AvgIpc) is 2.74. The van der Waals surface area contributed by atoms with E-state index in [0.29, 0.717) is 48.6 Å². The maximum absolute atomic E-state index is 12.6. The number of methoxy groups -OCH3 is 2. The van der Waals surface area contributed by atoms with E-state index in [0.717, 1.165) is 0 Å². The third-order valence-corrected chi connectivity index (χ3v) is 4.66. The van der Waals surface area contributed by atoms with Crippen molar-refractivity contribution in [3.63, 3.8) is 0 Å². The van der Waals surface area contributed by atoms with Gasteiger partial charge in [0.1, 0.15) is 11.5 Å². The first kappa shape index (κ1) is 18.7. The lowest BCUT2D eigenvalue weighted by molar-refractivity contribution is 0.0698. The molecule has 7 nitrogen and oxygen atoms in total. The Balaban J connectivity index is 1.57. The minimum Gasteiger partial charge on any atom is -0.497 e. The number of likely N-dealkylation sites (tertiary alicyclic amines) is 1. The molecule has 1 saturated heterocycles. The van der Waals surface area contributed by atoms with Crippen molar-refractivity contribution in [2.75, 3.05) is 27.3 Å². The Kier molecular flexibility index (Phi) is 5.90. The lowest BCUT2D eigenvalue weighted by atomic mass is 10.0. The second-order valence-electron chi connectivity index (χ2n) is 6.38. The second kappa shape index (κ2) is 8.53. The van der Waals surface area contributed by atoms with Gasteiger partial charge in [-0.2, -0.15) is 0 Å². The van der Waals surface area contributed by atoms with E-state index in [4.69, 9.17) is 9.47 Å². The third kappa shape index (κ3) is 4.55. The molecule has 3 rings (SSSR count). The molecular weight excluding hydrogens is 346 g/mol. The van der Waals surface area contributed by atoms with Gasteiger partial charge >= 0.3 is 0 Å². The van der Waals surface area contributed by atoms with E-state index in [9.17, 15) is 9.59 Å². The van der Waals surface area contributed by atoms with Gasteiger partial charge in [0.25, 0.3) is 11.8 Å². The number of amides is 2. The minimum atomic E-state index is -0.175. The Hall–Kier alpha value is -3.09. The third-order valence-electron chi connectivity index (χ3n) is 4.66. The summed E-state index contributed by atoms with van der Waals surface area (Å²) in [6.07, 6.45) is 4.65. The molecule has 142 valence electrons. The zero-order valence-electron chi connectivity index (χ0n) is 15.5. The predicted molar refractivity (Wildman–Crippen MR) is 100 cm³/mol. The van der Waals surface area contributed by atoms with Gasteiger partial charge in [-0.25, -0.2) is 0 Å². The number of nitrogens with one attached hydrogen (secondary N) is 1. The lowest BCUT2D eigenvalue weighted by Crippen LogP contribution is -2.46. The maximum atomic E-state index is 12.6. The fourth-order valence-electron chi connectivity index (χ4n) is 3.11. The molecule has 7 heteroatoms. The maximum Gasteiger partial charge on any atom is 0.253 e. The summed E-state index contributed by atoms with van der Waals surface area (Å²) in [6.45, 7) is 1.21. The van der Waals surface area contributed by atoms with Crippen LogP contribution in [0.3, 0.4) is 0 Å². The van der Waals surface area contributed by atoms with Gasteiger partial charge < -0.3 is 19.7 Å². The van der Waals surface area contributed by atoms with Gasteiger partial charge in [-0.3, -0.25) is 14.6 Å². The molecule has 1 N–H and O–H groups in total. The standard InChI is InChI=1S/C20H23N3O4/c1-26-17-11-15(12-18(13-17)27-2)19(24)22-16-5-9-23(10-6-16)20(25)14-3-7-21-8-4-14/h3-4,7-8,11-13,16H,5-6,9-10H2,1-2H3,(H,22,24). The van der Waals surface area contributed by atoms with Gasteiger partial charge in [0.05, 0.1) is 14.2 Å². The number of rotatable bonds is 5. The Bertz CT molecular complexity index is 780. The van der Waals surface area contributed by atoms with Gasteiger partial charge in [0, 0.05) is 48.7 Å². The fourth-order valence-corrected chi connectivity index (χ4v) is 3.11. The average molecular weight is 369 g/mol. The number of benzene rings is 1. The number of hydrogen-bond donors (Lipinski definition) is 1. The topological polar surface area (TPSA) is 80.8 Å². The quantitative estimate of drug-likeness (QED) is 0.873. The molecule has 0 saturated carbocycles. The highest BCUT2D eigenvalue weighted by molar-refractivity contribution is 5.95. The van der Waals surface area contributed by atoms with Crippen LogP contribution < -0.4 is 14.8 Å². The molecule has 0 bridgehead atoms. The molecule has 1 fully saturated rings. The molecule has 2 amide bonds. The first-order chi connectivity index (χ1) is 13.1. The molecule has 1 aromatic heterocycles. The number of carbonyl (C=O) groups excluding carboxylic acids is 2. The van der Waals surface area contributed by atoms with Crippen LogP contribution in [0.15, 0.2) is 42.7 Å². The smallest absolute Gasteiger partial charge is 0.253 e. The molecule has 2 aromatic rings. The normalized spacial score (nSPS) is 14.5. The molecule has 0 atom stereocenters. The molecule has 1 aliphatic heterocycles. The monoisotopic (exact) mass is 369 g/mol. The number of aromatic nitrogens is 1. The van der Waals surface area contributed by atoms with Crippen LogP contribution in [0.5, 0.6) is 11.5 Å². The molecule has 0 radical (unpaired) electrons. The van der Waals surface area contributed by atoms with E-state index in [-0.39, 0.29) is 17.9 Å². The van der Waals surface area contributed by atoms with Gasteiger partial charge in [-0.05, 0) is 37.1 Å². The molecule has 0 aliphatic carbocycles. The predicted octanol–water partition coefficient (Wildman–Crippen LogP) is 2.13. The van der Waals surface area contributed by atoms with E-state index in [1.165, 1.54) is 0 Å². The molecule has 1 aliphatic rings. The van der Waals surface area contributed by atoms with Crippen LogP contribution in [0, 0.1) is 0 Å². The van der Waals surface area contributed by atoms with E-state index < -0.39 is 0 Å². The Labute approximate surface area is 158 Å². The number of carbonyl (C=O) groups is 2.